The van der Waals surface area contributed by atoms with Gasteiger partial charge in [0.1, 0.15) is 18.9 Å². The van der Waals surface area contributed by atoms with E-state index in [1.807, 2.05) is 75.4 Å². The second kappa shape index (κ2) is 14.8. The van der Waals surface area contributed by atoms with E-state index in [2.05, 4.69) is 5.32 Å². The Morgan fingerprint density at radius 2 is 1.61 bits per heavy atom. The van der Waals surface area contributed by atoms with Gasteiger partial charge in [0.25, 0.3) is 0 Å². The molecule has 0 fully saturated rings. The van der Waals surface area contributed by atoms with E-state index in [0.717, 1.165) is 16.7 Å². The van der Waals surface area contributed by atoms with Crippen LogP contribution in [0.5, 0.6) is 0 Å². The summed E-state index contributed by atoms with van der Waals surface area (Å²) in [7, 11) is -3.53. The highest BCUT2D eigenvalue weighted by molar-refractivity contribution is 7.53. The minimum absolute atomic E-state index is 0.0905. The normalized spacial score (nSPS) is 12.3. The lowest BCUT2D eigenvalue weighted by molar-refractivity contribution is -0.147. The smallest absolute Gasteiger partial charge is 0.349 e. The first kappa shape index (κ1) is 29.6. The monoisotopic (exact) mass is 518 g/mol. The molecular weight excluding hydrogens is 479 g/mol. The van der Waals surface area contributed by atoms with Gasteiger partial charge >= 0.3 is 19.6 Å². The zero-order chi connectivity index (χ0) is 26.6. The van der Waals surface area contributed by atoms with Crippen LogP contribution in [0.25, 0.3) is 0 Å². The number of esters is 1. The van der Waals surface area contributed by atoms with E-state index in [1.54, 1.807) is 13.8 Å². The van der Waals surface area contributed by atoms with Crippen molar-refractivity contribution in [2.45, 2.75) is 53.7 Å². The van der Waals surface area contributed by atoms with Crippen molar-refractivity contribution in [1.82, 2.24) is 10.2 Å². The van der Waals surface area contributed by atoms with Gasteiger partial charge in [0, 0.05) is 13.0 Å². The summed E-state index contributed by atoms with van der Waals surface area (Å²) < 4.78 is 29.5. The largest absolute Gasteiger partial charge is 0.459 e. The van der Waals surface area contributed by atoms with Crippen molar-refractivity contribution in [3.63, 3.8) is 0 Å². The molecular formula is C27H39N2O6P. The fraction of sp³-hybridized carbons (Fsp3) is 0.481. The molecule has 36 heavy (non-hydrogen) atoms. The minimum Gasteiger partial charge on any atom is -0.459 e. The Kier molecular flexibility index (Phi) is 12.1. The van der Waals surface area contributed by atoms with Crippen LogP contribution in [-0.4, -0.2) is 49.0 Å². The average Bonchev–Trinajstić information content (AvgIpc) is 2.82. The Balaban J connectivity index is 2.23. The second-order valence-electron chi connectivity index (χ2n) is 8.99. The number of benzene rings is 2. The SMILES string of the molecule is CCOP(=O)(CN(CC(C)C)C(=O)N[C@@H](Cc1cccc(C)c1)C(=O)OCc1ccccc1)OCC. The summed E-state index contributed by atoms with van der Waals surface area (Å²) in [4.78, 5) is 27.9. The van der Waals surface area contributed by atoms with E-state index >= 15 is 0 Å². The number of ether oxygens (including phenoxy) is 1. The molecule has 2 aromatic rings. The van der Waals surface area contributed by atoms with Gasteiger partial charge in [-0.25, -0.2) is 9.59 Å². The lowest BCUT2D eigenvalue weighted by Gasteiger charge is -2.30. The van der Waals surface area contributed by atoms with Gasteiger partial charge in [-0.3, -0.25) is 4.57 Å². The van der Waals surface area contributed by atoms with Gasteiger partial charge in [0.15, 0.2) is 0 Å². The summed E-state index contributed by atoms with van der Waals surface area (Å²) in [6.07, 6.45) is 0.0417. The predicted molar refractivity (Wildman–Crippen MR) is 141 cm³/mol. The third-order valence-corrected chi connectivity index (χ3v) is 7.19. The van der Waals surface area contributed by atoms with Gasteiger partial charge in [-0.05, 0) is 37.8 Å². The van der Waals surface area contributed by atoms with Gasteiger partial charge in [0.05, 0.1) is 13.2 Å². The Hall–Kier alpha value is -2.67. The third-order valence-electron chi connectivity index (χ3n) is 5.20. The van der Waals surface area contributed by atoms with Crippen LogP contribution in [0, 0.1) is 12.8 Å². The van der Waals surface area contributed by atoms with Crippen LogP contribution in [0.3, 0.4) is 0 Å². The summed E-state index contributed by atoms with van der Waals surface area (Å²) in [5, 5.41) is 2.81. The Bertz CT molecular complexity index is 1000. The van der Waals surface area contributed by atoms with E-state index < -0.39 is 25.6 Å². The maximum Gasteiger partial charge on any atom is 0.349 e. The number of urea groups is 1. The summed E-state index contributed by atoms with van der Waals surface area (Å²) in [5.74, 6) is -0.455. The number of aryl methyl sites for hydroxylation is 1. The van der Waals surface area contributed by atoms with Crippen LogP contribution in [0.4, 0.5) is 4.79 Å². The summed E-state index contributed by atoms with van der Waals surface area (Å²) in [5.41, 5.74) is 2.79. The molecule has 1 N–H and O–H groups in total. The molecule has 0 unspecified atom stereocenters. The molecule has 0 heterocycles. The lowest BCUT2D eigenvalue weighted by Crippen LogP contribution is -2.50. The van der Waals surface area contributed by atoms with Crippen molar-refractivity contribution in [1.29, 1.82) is 0 Å². The summed E-state index contributed by atoms with van der Waals surface area (Å²) in [6.45, 7) is 10.1. The summed E-state index contributed by atoms with van der Waals surface area (Å²) >= 11 is 0. The molecule has 0 radical (unpaired) electrons. The molecule has 2 rings (SSSR count). The Morgan fingerprint density at radius 1 is 0.972 bits per heavy atom. The standard InChI is InChI=1S/C27H39N2O6P/c1-6-34-36(32,35-7-2)20-29(18-21(3)4)27(31)28-25(17-24-15-11-12-22(5)16-24)26(30)33-19-23-13-9-8-10-14-23/h8-16,21,25H,6-7,17-20H2,1-5H3,(H,28,31)/t25-/m0/s1. The molecule has 0 aromatic heterocycles. The molecule has 0 aliphatic heterocycles. The van der Waals surface area contributed by atoms with Crippen LogP contribution < -0.4 is 5.32 Å². The molecule has 0 bridgehead atoms. The van der Waals surface area contributed by atoms with Crippen LogP contribution in [-0.2, 0) is 36.2 Å². The fourth-order valence-electron chi connectivity index (χ4n) is 3.70. The lowest BCUT2D eigenvalue weighted by atomic mass is 10.0. The van der Waals surface area contributed by atoms with Gasteiger partial charge in [-0.15, -0.1) is 0 Å². The maximum absolute atomic E-state index is 13.4. The highest BCUT2D eigenvalue weighted by Gasteiger charge is 2.32. The van der Waals surface area contributed by atoms with Crippen molar-refractivity contribution in [2.75, 3.05) is 26.0 Å². The molecule has 1 atom stereocenters. The van der Waals surface area contributed by atoms with Gasteiger partial charge in [-0.1, -0.05) is 74.0 Å². The molecule has 0 saturated heterocycles. The van der Waals surface area contributed by atoms with Crippen LogP contribution in [0.15, 0.2) is 54.6 Å². The zero-order valence-corrected chi connectivity index (χ0v) is 22.8. The number of carbonyl (C=O) groups is 2. The number of carbonyl (C=O) groups excluding carboxylic acids is 2. The van der Waals surface area contributed by atoms with Gasteiger partial charge in [0.2, 0.25) is 0 Å². The first-order valence-electron chi connectivity index (χ1n) is 12.4. The van der Waals surface area contributed by atoms with Gasteiger partial charge < -0.3 is 24.0 Å². The van der Waals surface area contributed by atoms with Crippen molar-refractivity contribution >= 4 is 19.6 Å². The number of amides is 2. The van der Waals surface area contributed by atoms with Crippen LogP contribution >= 0.6 is 7.60 Å². The minimum atomic E-state index is -3.53. The van der Waals surface area contributed by atoms with E-state index in [9.17, 15) is 14.2 Å². The number of rotatable bonds is 14. The zero-order valence-electron chi connectivity index (χ0n) is 21.9. The molecule has 0 aliphatic rings. The van der Waals surface area contributed by atoms with Crippen molar-refractivity contribution in [3.05, 3.63) is 71.3 Å². The van der Waals surface area contributed by atoms with Crippen molar-refractivity contribution in [2.24, 2.45) is 5.92 Å². The number of hydrogen-bond donors (Lipinski definition) is 1. The van der Waals surface area contributed by atoms with E-state index in [1.165, 1.54) is 4.90 Å². The number of nitrogens with zero attached hydrogens (tertiary/aromatic N) is 1. The van der Waals surface area contributed by atoms with E-state index in [4.69, 9.17) is 13.8 Å². The molecule has 2 aromatic carbocycles. The highest BCUT2D eigenvalue weighted by atomic mass is 31.2. The Labute approximate surface area is 214 Å². The average molecular weight is 519 g/mol. The van der Waals surface area contributed by atoms with Crippen molar-refractivity contribution < 1.29 is 27.9 Å². The second-order valence-corrected chi connectivity index (χ2v) is 11.0. The molecule has 0 saturated carbocycles. The van der Waals surface area contributed by atoms with E-state index in [0.29, 0.717) is 6.54 Å². The first-order valence-corrected chi connectivity index (χ1v) is 14.1. The van der Waals surface area contributed by atoms with Crippen molar-refractivity contribution in [3.8, 4) is 0 Å². The van der Waals surface area contributed by atoms with Crippen LogP contribution in [0.1, 0.15) is 44.4 Å². The molecule has 2 amide bonds. The molecule has 0 aliphatic carbocycles. The Morgan fingerprint density at radius 3 is 2.19 bits per heavy atom. The fourth-order valence-corrected chi connectivity index (χ4v) is 5.39. The highest BCUT2D eigenvalue weighted by Crippen LogP contribution is 2.48. The van der Waals surface area contributed by atoms with E-state index in [-0.39, 0.29) is 38.4 Å². The number of hydrogen-bond acceptors (Lipinski definition) is 6. The quantitative estimate of drug-likeness (QED) is 0.261. The third kappa shape index (κ3) is 10.1. The first-order chi connectivity index (χ1) is 17.2. The van der Waals surface area contributed by atoms with Gasteiger partial charge in [-0.2, -0.15) is 0 Å². The topological polar surface area (TPSA) is 94.2 Å². The predicted octanol–water partition coefficient (Wildman–Crippen LogP) is 5.54. The molecule has 9 heteroatoms. The molecule has 198 valence electrons. The number of nitrogens with one attached hydrogen (secondary N) is 1. The van der Waals surface area contributed by atoms with Crippen LogP contribution in [0.2, 0.25) is 0 Å². The molecule has 0 spiro atoms. The summed E-state index contributed by atoms with van der Waals surface area (Å²) in [6, 6.07) is 15.6. The molecule has 8 nitrogen and oxygen atoms in total. The maximum atomic E-state index is 13.4.